The van der Waals surface area contributed by atoms with E-state index in [9.17, 15) is 0 Å². The highest BCUT2D eigenvalue weighted by Gasteiger charge is 2.19. The zero-order chi connectivity index (χ0) is 17.2. The van der Waals surface area contributed by atoms with Gasteiger partial charge < -0.3 is 15.0 Å². The minimum atomic E-state index is 0.552. The molecule has 0 saturated carbocycles. The van der Waals surface area contributed by atoms with Gasteiger partial charge in [0.2, 0.25) is 0 Å². The van der Waals surface area contributed by atoms with E-state index in [0.29, 0.717) is 6.04 Å². The number of nitrogens with one attached hydrogen (secondary N) is 1. The second-order valence-corrected chi connectivity index (χ2v) is 7.48. The molecular formula is C19H22N4OS. The summed E-state index contributed by atoms with van der Waals surface area (Å²) in [5.41, 5.74) is 2.18. The molecule has 4 rings (SSSR count). The summed E-state index contributed by atoms with van der Waals surface area (Å²) in [5.74, 6) is 1.89. The smallest absolute Gasteiger partial charge is 0.149 e. The molecule has 1 aromatic carbocycles. The van der Waals surface area contributed by atoms with E-state index >= 15 is 0 Å². The van der Waals surface area contributed by atoms with Gasteiger partial charge in [0, 0.05) is 24.5 Å². The quantitative estimate of drug-likeness (QED) is 0.759. The molecule has 6 heteroatoms. The molecule has 1 saturated heterocycles. The van der Waals surface area contributed by atoms with E-state index in [4.69, 9.17) is 4.74 Å². The van der Waals surface area contributed by atoms with Gasteiger partial charge in [-0.25, -0.2) is 9.97 Å². The number of fused-ring (bicyclic) bond motifs is 1. The van der Waals surface area contributed by atoms with Crippen LogP contribution in [0.5, 0.6) is 5.75 Å². The molecule has 0 radical (unpaired) electrons. The van der Waals surface area contributed by atoms with E-state index in [1.165, 1.54) is 23.3 Å². The number of benzene rings is 1. The second-order valence-electron chi connectivity index (χ2n) is 6.42. The molecule has 0 spiro atoms. The number of thiophene rings is 1. The van der Waals surface area contributed by atoms with Crippen molar-refractivity contribution in [3.05, 3.63) is 36.7 Å². The lowest BCUT2D eigenvalue weighted by atomic mass is 10.2. The minimum Gasteiger partial charge on any atom is -0.497 e. The van der Waals surface area contributed by atoms with E-state index < -0.39 is 0 Å². The fourth-order valence-electron chi connectivity index (χ4n) is 3.34. The molecular weight excluding hydrogens is 332 g/mol. The minimum absolute atomic E-state index is 0.552. The van der Waals surface area contributed by atoms with Crippen molar-refractivity contribution in [3.63, 3.8) is 0 Å². The normalized spacial score (nSPS) is 17.1. The van der Waals surface area contributed by atoms with Crippen molar-refractivity contribution in [2.75, 3.05) is 32.1 Å². The number of anilines is 1. The van der Waals surface area contributed by atoms with Gasteiger partial charge in [0.15, 0.2) is 0 Å². The molecule has 1 unspecified atom stereocenters. The average Bonchev–Trinajstić information content (AvgIpc) is 3.30. The molecule has 3 aromatic rings. The van der Waals surface area contributed by atoms with Crippen molar-refractivity contribution in [1.82, 2.24) is 15.3 Å². The topological polar surface area (TPSA) is 50.3 Å². The van der Waals surface area contributed by atoms with Gasteiger partial charge in [-0.05, 0) is 55.3 Å². The van der Waals surface area contributed by atoms with Crippen LogP contribution >= 0.6 is 11.3 Å². The molecule has 2 aromatic heterocycles. The Bertz CT molecular complexity index is 855. The van der Waals surface area contributed by atoms with Crippen LogP contribution in [0.3, 0.4) is 0 Å². The third kappa shape index (κ3) is 3.32. The summed E-state index contributed by atoms with van der Waals surface area (Å²) in [7, 11) is 3.81. The fraction of sp³-hybridized carbons (Fsp3) is 0.368. The Hall–Kier alpha value is -2.18. The van der Waals surface area contributed by atoms with E-state index in [2.05, 4.69) is 45.4 Å². The highest BCUT2D eigenvalue weighted by Crippen LogP contribution is 2.37. The number of hydrogen-bond acceptors (Lipinski definition) is 6. The molecule has 1 atom stereocenters. The number of rotatable bonds is 5. The first-order chi connectivity index (χ1) is 12.2. The van der Waals surface area contributed by atoms with Gasteiger partial charge in [0.1, 0.15) is 17.9 Å². The number of nitrogens with zero attached hydrogens (tertiary/aromatic N) is 3. The predicted molar refractivity (Wildman–Crippen MR) is 104 cm³/mol. The maximum Gasteiger partial charge on any atom is 0.149 e. The van der Waals surface area contributed by atoms with Crippen LogP contribution in [0.1, 0.15) is 12.8 Å². The molecule has 25 heavy (non-hydrogen) atoms. The summed E-state index contributed by atoms with van der Waals surface area (Å²) in [5, 5.41) is 3.55. The number of ether oxygens (including phenoxy) is 1. The van der Waals surface area contributed by atoms with Gasteiger partial charge in [0.05, 0.1) is 17.3 Å². The number of likely N-dealkylation sites (N-methyl/N-ethyl adjacent to an activating group) is 1. The molecule has 0 aliphatic carbocycles. The lowest BCUT2D eigenvalue weighted by Crippen LogP contribution is -2.35. The number of hydrogen-bond donors (Lipinski definition) is 1. The zero-order valence-corrected chi connectivity index (χ0v) is 15.3. The fourth-order valence-corrected chi connectivity index (χ4v) is 4.50. The molecule has 5 nitrogen and oxygen atoms in total. The van der Waals surface area contributed by atoms with Crippen molar-refractivity contribution in [1.29, 1.82) is 0 Å². The third-order valence-electron chi connectivity index (χ3n) is 4.69. The molecule has 0 amide bonds. The van der Waals surface area contributed by atoms with Crippen LogP contribution in [0.4, 0.5) is 5.82 Å². The average molecular weight is 354 g/mol. The van der Waals surface area contributed by atoms with Crippen molar-refractivity contribution >= 4 is 27.4 Å². The van der Waals surface area contributed by atoms with Crippen LogP contribution in [-0.2, 0) is 0 Å². The Kier molecular flexibility index (Phi) is 4.55. The third-order valence-corrected chi connectivity index (χ3v) is 5.85. The maximum atomic E-state index is 5.25. The zero-order valence-electron chi connectivity index (χ0n) is 14.5. The Morgan fingerprint density at radius 1 is 1.28 bits per heavy atom. The summed E-state index contributed by atoms with van der Waals surface area (Å²) in [6, 6.07) is 10.9. The summed E-state index contributed by atoms with van der Waals surface area (Å²) in [6.45, 7) is 2.10. The van der Waals surface area contributed by atoms with Gasteiger partial charge >= 0.3 is 0 Å². The Morgan fingerprint density at radius 3 is 2.84 bits per heavy atom. The van der Waals surface area contributed by atoms with Gasteiger partial charge in [0.25, 0.3) is 0 Å². The molecule has 1 aliphatic rings. The summed E-state index contributed by atoms with van der Waals surface area (Å²) in [6.07, 6.45) is 4.17. The Morgan fingerprint density at radius 2 is 2.12 bits per heavy atom. The molecule has 0 bridgehead atoms. The number of methoxy groups -OCH3 is 1. The largest absolute Gasteiger partial charge is 0.497 e. The first kappa shape index (κ1) is 16.3. The summed E-state index contributed by atoms with van der Waals surface area (Å²) in [4.78, 5) is 12.5. The molecule has 1 aliphatic heterocycles. The molecule has 1 N–H and O–H groups in total. The molecule has 3 heterocycles. The van der Waals surface area contributed by atoms with Crippen molar-refractivity contribution in [3.8, 4) is 16.2 Å². The highest BCUT2D eigenvalue weighted by atomic mass is 32.1. The Labute approximate surface area is 151 Å². The van der Waals surface area contributed by atoms with Crippen LogP contribution in [0.2, 0.25) is 0 Å². The first-order valence-electron chi connectivity index (χ1n) is 8.58. The summed E-state index contributed by atoms with van der Waals surface area (Å²) < 4.78 is 6.39. The van der Waals surface area contributed by atoms with Gasteiger partial charge in [-0.15, -0.1) is 11.3 Å². The first-order valence-corrected chi connectivity index (χ1v) is 9.40. The van der Waals surface area contributed by atoms with Crippen LogP contribution < -0.4 is 15.0 Å². The molecule has 130 valence electrons. The maximum absolute atomic E-state index is 5.25. The van der Waals surface area contributed by atoms with Crippen molar-refractivity contribution in [2.24, 2.45) is 0 Å². The standard InChI is InChI=1S/C19H22N4OS/c1-23(11-14-4-3-9-20-14)19-18-16(21-12-22-19)10-17(25-18)13-5-7-15(24-2)8-6-13/h5-8,10,12,14,20H,3-4,9,11H2,1-2H3. The molecule has 1 fully saturated rings. The van der Waals surface area contributed by atoms with Crippen molar-refractivity contribution < 1.29 is 4.74 Å². The van der Waals surface area contributed by atoms with E-state index in [0.717, 1.165) is 34.9 Å². The van der Waals surface area contributed by atoms with Crippen LogP contribution in [-0.4, -0.2) is 43.3 Å². The van der Waals surface area contributed by atoms with Crippen LogP contribution in [0.15, 0.2) is 36.7 Å². The monoisotopic (exact) mass is 354 g/mol. The van der Waals surface area contributed by atoms with E-state index in [1.54, 1.807) is 24.8 Å². The number of aromatic nitrogens is 2. The predicted octanol–water partition coefficient (Wildman–Crippen LogP) is 3.56. The Balaban J connectivity index is 1.65. The second kappa shape index (κ2) is 6.98. The SMILES string of the molecule is COc1ccc(-c2cc3ncnc(N(C)CC4CCCN4)c3s2)cc1. The van der Waals surface area contributed by atoms with Gasteiger partial charge in [-0.2, -0.15) is 0 Å². The van der Waals surface area contributed by atoms with Crippen molar-refractivity contribution in [2.45, 2.75) is 18.9 Å². The van der Waals surface area contributed by atoms with Gasteiger partial charge in [-0.1, -0.05) is 0 Å². The van der Waals surface area contributed by atoms with E-state index in [-0.39, 0.29) is 0 Å². The highest BCUT2D eigenvalue weighted by molar-refractivity contribution is 7.22. The van der Waals surface area contributed by atoms with E-state index in [1.807, 2.05) is 12.1 Å². The van der Waals surface area contributed by atoms with Gasteiger partial charge in [-0.3, -0.25) is 0 Å². The lowest BCUT2D eigenvalue weighted by Gasteiger charge is -2.22. The summed E-state index contributed by atoms with van der Waals surface area (Å²) >= 11 is 1.75. The van der Waals surface area contributed by atoms with Crippen LogP contribution in [0.25, 0.3) is 20.7 Å². The van der Waals surface area contributed by atoms with Crippen LogP contribution in [0, 0.1) is 0 Å². The lowest BCUT2D eigenvalue weighted by molar-refractivity contribution is 0.415.